The van der Waals surface area contributed by atoms with Crippen LogP contribution in [-0.2, 0) is 0 Å². The zero-order chi connectivity index (χ0) is 12.7. The number of nitrogens with one attached hydrogen (secondary N) is 1. The van der Waals surface area contributed by atoms with Crippen molar-refractivity contribution >= 4 is 11.6 Å². The Kier molecular flexibility index (Phi) is 6.61. The van der Waals surface area contributed by atoms with Crippen LogP contribution in [0.5, 0.6) is 0 Å². The summed E-state index contributed by atoms with van der Waals surface area (Å²) in [5, 5.41) is 4.27. The lowest BCUT2D eigenvalue weighted by Gasteiger charge is -2.19. The highest BCUT2D eigenvalue weighted by atomic mass is 35.5. The van der Waals surface area contributed by atoms with Crippen molar-refractivity contribution in [2.24, 2.45) is 5.92 Å². The number of rotatable bonds is 7. The molecule has 0 aliphatic carbocycles. The highest BCUT2D eigenvalue weighted by molar-refractivity contribution is 6.30. The highest BCUT2D eigenvalue weighted by Crippen LogP contribution is 2.24. The van der Waals surface area contributed by atoms with Gasteiger partial charge in [-0.05, 0) is 42.5 Å². The molecule has 0 aromatic heterocycles. The minimum absolute atomic E-state index is 0.606. The summed E-state index contributed by atoms with van der Waals surface area (Å²) in [6.45, 7) is 8.82. The van der Waals surface area contributed by atoms with Gasteiger partial charge in [0.2, 0.25) is 0 Å². The van der Waals surface area contributed by atoms with Crippen molar-refractivity contribution in [3.63, 3.8) is 0 Å². The average Bonchev–Trinajstić information content (AvgIpc) is 2.30. The number of halogens is 1. The third-order valence-electron chi connectivity index (χ3n) is 3.07. The number of hydrogen-bond acceptors (Lipinski definition) is 1. The first-order valence-corrected chi connectivity index (χ1v) is 6.97. The standard InChI is InChI=1S/C15H24ClN/c1-4-17-11-14(6-5-12(2)3)13-7-9-15(16)10-8-13/h7-10,12,14,17H,4-6,11H2,1-3H3. The topological polar surface area (TPSA) is 12.0 Å². The number of hydrogen-bond donors (Lipinski definition) is 1. The Morgan fingerprint density at radius 3 is 2.29 bits per heavy atom. The van der Waals surface area contributed by atoms with Crippen LogP contribution in [0.4, 0.5) is 0 Å². The molecule has 0 saturated carbocycles. The van der Waals surface area contributed by atoms with Gasteiger partial charge in [-0.25, -0.2) is 0 Å². The largest absolute Gasteiger partial charge is 0.316 e. The maximum atomic E-state index is 5.93. The van der Waals surface area contributed by atoms with Gasteiger partial charge in [-0.2, -0.15) is 0 Å². The average molecular weight is 254 g/mol. The van der Waals surface area contributed by atoms with E-state index in [2.05, 4.69) is 38.2 Å². The lowest BCUT2D eigenvalue weighted by molar-refractivity contribution is 0.480. The van der Waals surface area contributed by atoms with Gasteiger partial charge in [0.1, 0.15) is 0 Å². The zero-order valence-electron chi connectivity index (χ0n) is 11.2. The van der Waals surface area contributed by atoms with Crippen molar-refractivity contribution < 1.29 is 0 Å². The normalized spacial score (nSPS) is 13.0. The third-order valence-corrected chi connectivity index (χ3v) is 3.33. The summed E-state index contributed by atoms with van der Waals surface area (Å²) >= 11 is 5.93. The molecule has 0 bridgehead atoms. The van der Waals surface area contributed by atoms with E-state index in [9.17, 15) is 0 Å². The molecule has 2 heteroatoms. The second-order valence-corrected chi connectivity index (χ2v) is 5.46. The van der Waals surface area contributed by atoms with E-state index in [4.69, 9.17) is 11.6 Å². The first-order chi connectivity index (χ1) is 8.13. The van der Waals surface area contributed by atoms with Crippen molar-refractivity contribution in [3.8, 4) is 0 Å². The minimum Gasteiger partial charge on any atom is -0.316 e. The lowest BCUT2D eigenvalue weighted by Crippen LogP contribution is -2.21. The predicted octanol–water partition coefficient (Wildman–Crippen LogP) is 4.47. The molecular weight excluding hydrogens is 230 g/mol. The van der Waals surface area contributed by atoms with Crippen molar-refractivity contribution in [1.82, 2.24) is 5.32 Å². The van der Waals surface area contributed by atoms with E-state index < -0.39 is 0 Å². The molecule has 1 aromatic carbocycles. The van der Waals surface area contributed by atoms with Gasteiger partial charge in [0.05, 0.1) is 0 Å². The fraction of sp³-hybridized carbons (Fsp3) is 0.600. The fourth-order valence-corrected chi connectivity index (χ4v) is 2.10. The molecule has 1 aromatic rings. The molecule has 0 saturated heterocycles. The predicted molar refractivity (Wildman–Crippen MR) is 76.8 cm³/mol. The van der Waals surface area contributed by atoms with E-state index in [-0.39, 0.29) is 0 Å². The molecule has 0 spiro atoms. The number of likely N-dealkylation sites (N-methyl/N-ethyl adjacent to an activating group) is 1. The van der Waals surface area contributed by atoms with E-state index in [1.807, 2.05) is 12.1 Å². The van der Waals surface area contributed by atoms with Gasteiger partial charge < -0.3 is 5.32 Å². The van der Waals surface area contributed by atoms with Crippen LogP contribution in [-0.4, -0.2) is 13.1 Å². The molecule has 0 heterocycles. The van der Waals surface area contributed by atoms with Crippen LogP contribution in [0.1, 0.15) is 45.1 Å². The van der Waals surface area contributed by atoms with Gasteiger partial charge >= 0.3 is 0 Å². The molecule has 17 heavy (non-hydrogen) atoms. The monoisotopic (exact) mass is 253 g/mol. The summed E-state index contributed by atoms with van der Waals surface area (Å²) in [4.78, 5) is 0. The molecule has 1 atom stereocenters. The van der Waals surface area contributed by atoms with Gasteiger partial charge in [0, 0.05) is 11.6 Å². The molecular formula is C15H24ClN. The summed E-state index contributed by atoms with van der Waals surface area (Å²) < 4.78 is 0. The second-order valence-electron chi connectivity index (χ2n) is 5.03. The molecule has 0 fully saturated rings. The van der Waals surface area contributed by atoms with Gasteiger partial charge in [-0.3, -0.25) is 0 Å². The van der Waals surface area contributed by atoms with Crippen LogP contribution in [0.3, 0.4) is 0 Å². The van der Waals surface area contributed by atoms with Gasteiger partial charge in [0.25, 0.3) is 0 Å². The maximum absolute atomic E-state index is 5.93. The molecule has 0 aliphatic heterocycles. The molecule has 0 aliphatic rings. The van der Waals surface area contributed by atoms with Crippen LogP contribution in [0.2, 0.25) is 5.02 Å². The SMILES string of the molecule is CCNCC(CCC(C)C)c1ccc(Cl)cc1. The first kappa shape index (κ1) is 14.5. The Hall–Kier alpha value is -0.530. The summed E-state index contributed by atoms with van der Waals surface area (Å²) in [5.74, 6) is 1.38. The van der Waals surface area contributed by atoms with E-state index >= 15 is 0 Å². The molecule has 96 valence electrons. The summed E-state index contributed by atoms with van der Waals surface area (Å²) in [5.41, 5.74) is 1.40. The molecule has 1 rings (SSSR count). The van der Waals surface area contributed by atoms with Crippen LogP contribution < -0.4 is 5.32 Å². The Labute approximate surface area is 111 Å². The maximum Gasteiger partial charge on any atom is 0.0406 e. The molecule has 0 amide bonds. The van der Waals surface area contributed by atoms with Crippen molar-refractivity contribution in [3.05, 3.63) is 34.9 Å². The van der Waals surface area contributed by atoms with E-state index in [0.29, 0.717) is 5.92 Å². The zero-order valence-corrected chi connectivity index (χ0v) is 11.9. The second kappa shape index (κ2) is 7.73. The smallest absolute Gasteiger partial charge is 0.0406 e. The molecule has 1 unspecified atom stereocenters. The molecule has 1 nitrogen and oxygen atoms in total. The van der Waals surface area contributed by atoms with Crippen LogP contribution in [0, 0.1) is 5.92 Å². The van der Waals surface area contributed by atoms with Gasteiger partial charge in [-0.1, -0.05) is 50.9 Å². The van der Waals surface area contributed by atoms with Crippen molar-refractivity contribution in [2.45, 2.75) is 39.5 Å². The van der Waals surface area contributed by atoms with E-state index in [1.165, 1.54) is 18.4 Å². The van der Waals surface area contributed by atoms with Gasteiger partial charge in [-0.15, -0.1) is 0 Å². The Balaban J connectivity index is 2.63. The lowest BCUT2D eigenvalue weighted by atomic mass is 9.91. The van der Waals surface area contributed by atoms with E-state index in [1.54, 1.807) is 0 Å². The Morgan fingerprint density at radius 1 is 1.12 bits per heavy atom. The molecule has 1 N–H and O–H groups in total. The quantitative estimate of drug-likeness (QED) is 0.756. The fourth-order valence-electron chi connectivity index (χ4n) is 1.97. The Morgan fingerprint density at radius 2 is 1.76 bits per heavy atom. The summed E-state index contributed by atoms with van der Waals surface area (Å²) in [6, 6.07) is 8.30. The summed E-state index contributed by atoms with van der Waals surface area (Å²) in [6.07, 6.45) is 2.52. The van der Waals surface area contributed by atoms with E-state index in [0.717, 1.165) is 24.0 Å². The summed E-state index contributed by atoms with van der Waals surface area (Å²) in [7, 11) is 0. The number of benzene rings is 1. The highest BCUT2D eigenvalue weighted by Gasteiger charge is 2.11. The van der Waals surface area contributed by atoms with Crippen molar-refractivity contribution in [1.29, 1.82) is 0 Å². The third kappa shape index (κ3) is 5.56. The first-order valence-electron chi connectivity index (χ1n) is 6.59. The Bertz CT molecular complexity index is 305. The van der Waals surface area contributed by atoms with Gasteiger partial charge in [0.15, 0.2) is 0 Å². The van der Waals surface area contributed by atoms with Crippen molar-refractivity contribution in [2.75, 3.05) is 13.1 Å². The van der Waals surface area contributed by atoms with Crippen LogP contribution >= 0.6 is 11.6 Å². The van der Waals surface area contributed by atoms with Crippen LogP contribution in [0.15, 0.2) is 24.3 Å². The molecule has 0 radical (unpaired) electrons. The minimum atomic E-state index is 0.606. The van der Waals surface area contributed by atoms with Crippen LogP contribution in [0.25, 0.3) is 0 Å².